The summed E-state index contributed by atoms with van der Waals surface area (Å²) in [6.07, 6.45) is 1.15. The van der Waals surface area contributed by atoms with Crippen molar-refractivity contribution >= 4 is 16.5 Å². The minimum Gasteiger partial charge on any atom is -0.378 e. The third-order valence-electron chi connectivity index (χ3n) is 2.86. The molecular formula is C14H27N3OS. The number of nitrogens with one attached hydrogen (secondary N) is 1. The largest absolute Gasteiger partial charge is 0.378 e. The molecule has 110 valence electrons. The standard InChI is InChI=1S/C14H27N3OS/c1-6-8-17(7-2)14-16-12(10-18-5)13(19-14)9-15-11(3)4/h11,15H,6-10H2,1-5H3. The zero-order chi connectivity index (χ0) is 14.3. The molecule has 19 heavy (non-hydrogen) atoms. The average molecular weight is 285 g/mol. The monoisotopic (exact) mass is 285 g/mol. The maximum atomic E-state index is 5.26. The number of hydrogen-bond donors (Lipinski definition) is 1. The normalized spacial score (nSPS) is 11.3. The Bertz CT molecular complexity index is 366. The van der Waals surface area contributed by atoms with Gasteiger partial charge in [0, 0.05) is 37.7 Å². The maximum absolute atomic E-state index is 5.26. The Morgan fingerprint density at radius 3 is 2.63 bits per heavy atom. The third-order valence-corrected chi connectivity index (χ3v) is 4.02. The van der Waals surface area contributed by atoms with Gasteiger partial charge in [-0.3, -0.25) is 0 Å². The highest BCUT2D eigenvalue weighted by atomic mass is 32.1. The van der Waals surface area contributed by atoms with E-state index in [0.29, 0.717) is 12.6 Å². The fraction of sp³-hybridized carbons (Fsp3) is 0.786. The Balaban J connectivity index is 2.85. The number of nitrogens with zero attached hydrogens (tertiary/aromatic N) is 2. The minimum absolute atomic E-state index is 0.485. The van der Waals surface area contributed by atoms with E-state index in [1.807, 2.05) is 0 Å². The van der Waals surface area contributed by atoms with Gasteiger partial charge >= 0.3 is 0 Å². The Morgan fingerprint density at radius 1 is 1.37 bits per heavy atom. The zero-order valence-electron chi connectivity index (χ0n) is 12.8. The lowest BCUT2D eigenvalue weighted by molar-refractivity contribution is 0.181. The predicted octanol–water partition coefficient (Wildman–Crippen LogP) is 3.02. The van der Waals surface area contributed by atoms with E-state index in [4.69, 9.17) is 9.72 Å². The van der Waals surface area contributed by atoms with Gasteiger partial charge in [-0.2, -0.15) is 0 Å². The van der Waals surface area contributed by atoms with Crippen molar-refractivity contribution in [2.75, 3.05) is 25.1 Å². The molecule has 4 nitrogen and oxygen atoms in total. The second-order valence-electron chi connectivity index (χ2n) is 4.91. The molecule has 0 aliphatic rings. The van der Waals surface area contributed by atoms with Crippen LogP contribution >= 0.6 is 11.3 Å². The Hall–Kier alpha value is -0.650. The van der Waals surface area contributed by atoms with Gasteiger partial charge in [0.25, 0.3) is 0 Å². The molecule has 5 heteroatoms. The van der Waals surface area contributed by atoms with Crippen molar-refractivity contribution in [2.45, 2.75) is 53.3 Å². The molecule has 1 aromatic rings. The van der Waals surface area contributed by atoms with E-state index in [-0.39, 0.29) is 0 Å². The predicted molar refractivity (Wildman–Crippen MR) is 83.0 cm³/mol. The molecule has 1 aromatic heterocycles. The SMILES string of the molecule is CCCN(CC)c1nc(COC)c(CNC(C)C)s1. The van der Waals surface area contributed by atoms with Crippen LogP contribution < -0.4 is 10.2 Å². The first-order valence-electron chi connectivity index (χ1n) is 7.08. The number of thiazole rings is 1. The van der Waals surface area contributed by atoms with E-state index in [0.717, 1.165) is 36.9 Å². The number of rotatable bonds is 9. The highest BCUT2D eigenvalue weighted by Crippen LogP contribution is 2.27. The molecule has 0 aliphatic heterocycles. The van der Waals surface area contributed by atoms with E-state index in [2.05, 4.69) is 37.9 Å². The summed E-state index contributed by atoms with van der Waals surface area (Å²) < 4.78 is 5.26. The molecule has 1 heterocycles. The molecule has 0 fully saturated rings. The average Bonchev–Trinajstić information content (AvgIpc) is 2.77. The van der Waals surface area contributed by atoms with E-state index in [9.17, 15) is 0 Å². The van der Waals surface area contributed by atoms with Crippen LogP contribution in [0.2, 0.25) is 0 Å². The van der Waals surface area contributed by atoms with Gasteiger partial charge in [-0.1, -0.05) is 20.8 Å². The highest BCUT2D eigenvalue weighted by Gasteiger charge is 2.15. The van der Waals surface area contributed by atoms with Gasteiger partial charge in [0.05, 0.1) is 12.3 Å². The van der Waals surface area contributed by atoms with Crippen LogP contribution in [0.25, 0.3) is 0 Å². The molecule has 0 unspecified atom stereocenters. The van der Waals surface area contributed by atoms with Gasteiger partial charge < -0.3 is 15.0 Å². The van der Waals surface area contributed by atoms with E-state index in [1.165, 1.54) is 4.88 Å². The van der Waals surface area contributed by atoms with Crippen LogP contribution in [0.4, 0.5) is 5.13 Å². The van der Waals surface area contributed by atoms with Crippen molar-refractivity contribution in [1.29, 1.82) is 0 Å². The number of anilines is 1. The second kappa shape index (κ2) is 8.51. The van der Waals surface area contributed by atoms with Gasteiger partial charge in [0.1, 0.15) is 0 Å². The molecule has 0 amide bonds. The van der Waals surface area contributed by atoms with Crippen LogP contribution in [-0.4, -0.2) is 31.2 Å². The summed E-state index contributed by atoms with van der Waals surface area (Å²) in [6, 6.07) is 0.485. The van der Waals surface area contributed by atoms with Crippen molar-refractivity contribution in [3.05, 3.63) is 10.6 Å². The number of aromatic nitrogens is 1. The summed E-state index contributed by atoms with van der Waals surface area (Å²) in [6.45, 7) is 12.2. The molecule has 0 saturated carbocycles. The molecular weight excluding hydrogens is 258 g/mol. The number of methoxy groups -OCH3 is 1. The first-order valence-corrected chi connectivity index (χ1v) is 7.89. The molecule has 0 aromatic carbocycles. The van der Waals surface area contributed by atoms with Crippen LogP contribution in [-0.2, 0) is 17.9 Å². The maximum Gasteiger partial charge on any atom is 0.185 e. The number of hydrogen-bond acceptors (Lipinski definition) is 5. The van der Waals surface area contributed by atoms with Crippen LogP contribution in [0.5, 0.6) is 0 Å². The topological polar surface area (TPSA) is 37.4 Å². The fourth-order valence-electron chi connectivity index (χ4n) is 1.85. The van der Waals surface area contributed by atoms with Crippen molar-refractivity contribution in [3.63, 3.8) is 0 Å². The molecule has 0 radical (unpaired) electrons. The minimum atomic E-state index is 0.485. The summed E-state index contributed by atoms with van der Waals surface area (Å²) in [5.74, 6) is 0. The molecule has 0 bridgehead atoms. The van der Waals surface area contributed by atoms with Crippen LogP contribution in [0.1, 0.15) is 44.7 Å². The fourth-order valence-corrected chi connectivity index (χ4v) is 2.95. The van der Waals surface area contributed by atoms with Crippen molar-refractivity contribution in [3.8, 4) is 0 Å². The van der Waals surface area contributed by atoms with Crippen LogP contribution in [0.15, 0.2) is 0 Å². The Kier molecular flexibility index (Phi) is 7.34. The lowest BCUT2D eigenvalue weighted by atomic mass is 10.3. The van der Waals surface area contributed by atoms with Crippen LogP contribution in [0.3, 0.4) is 0 Å². The summed E-state index contributed by atoms with van der Waals surface area (Å²) in [4.78, 5) is 8.37. The lowest BCUT2D eigenvalue weighted by Gasteiger charge is -2.18. The van der Waals surface area contributed by atoms with Crippen LogP contribution in [0, 0.1) is 0 Å². The lowest BCUT2D eigenvalue weighted by Crippen LogP contribution is -2.23. The summed E-state index contributed by atoms with van der Waals surface area (Å²) in [5, 5.41) is 4.58. The Morgan fingerprint density at radius 2 is 2.11 bits per heavy atom. The van der Waals surface area contributed by atoms with Crippen molar-refractivity contribution < 1.29 is 4.74 Å². The van der Waals surface area contributed by atoms with Gasteiger partial charge in [-0.25, -0.2) is 4.98 Å². The van der Waals surface area contributed by atoms with Gasteiger partial charge in [-0.05, 0) is 13.3 Å². The van der Waals surface area contributed by atoms with E-state index >= 15 is 0 Å². The summed E-state index contributed by atoms with van der Waals surface area (Å²) in [7, 11) is 1.72. The van der Waals surface area contributed by atoms with Gasteiger partial charge in [0.2, 0.25) is 0 Å². The van der Waals surface area contributed by atoms with Crippen molar-refractivity contribution in [1.82, 2.24) is 10.3 Å². The van der Waals surface area contributed by atoms with Gasteiger partial charge in [-0.15, -0.1) is 11.3 Å². The van der Waals surface area contributed by atoms with Gasteiger partial charge in [0.15, 0.2) is 5.13 Å². The van der Waals surface area contributed by atoms with E-state index in [1.54, 1.807) is 18.4 Å². The highest BCUT2D eigenvalue weighted by molar-refractivity contribution is 7.15. The van der Waals surface area contributed by atoms with Crippen molar-refractivity contribution in [2.24, 2.45) is 0 Å². The second-order valence-corrected chi connectivity index (χ2v) is 5.98. The first-order chi connectivity index (χ1) is 9.12. The van der Waals surface area contributed by atoms with E-state index < -0.39 is 0 Å². The smallest absolute Gasteiger partial charge is 0.185 e. The summed E-state index contributed by atoms with van der Waals surface area (Å²) >= 11 is 1.79. The molecule has 0 saturated heterocycles. The molecule has 0 atom stereocenters. The summed E-state index contributed by atoms with van der Waals surface area (Å²) in [5.41, 5.74) is 1.07. The third kappa shape index (κ3) is 5.09. The molecule has 1 N–H and O–H groups in total. The first kappa shape index (κ1) is 16.4. The molecule has 0 spiro atoms. The molecule has 0 aliphatic carbocycles. The quantitative estimate of drug-likeness (QED) is 0.757. The number of ether oxygens (including phenoxy) is 1. The molecule has 1 rings (SSSR count). The zero-order valence-corrected chi connectivity index (χ0v) is 13.6. The Labute approximate surface area is 121 Å².